The van der Waals surface area contributed by atoms with E-state index in [1.807, 2.05) is 19.1 Å². The second-order valence-corrected chi connectivity index (χ2v) is 10.5. The van der Waals surface area contributed by atoms with Crippen LogP contribution in [0.25, 0.3) is 0 Å². The summed E-state index contributed by atoms with van der Waals surface area (Å²) < 4.78 is 41.3. The summed E-state index contributed by atoms with van der Waals surface area (Å²) in [5.74, 6) is 0.120. The molecule has 7 heteroatoms. The predicted octanol–water partition coefficient (Wildman–Crippen LogP) is 4.42. The van der Waals surface area contributed by atoms with Gasteiger partial charge in [0.05, 0.1) is 10.9 Å². The van der Waals surface area contributed by atoms with Gasteiger partial charge in [0, 0.05) is 12.0 Å². The second kappa shape index (κ2) is 9.09. The fourth-order valence-corrected chi connectivity index (χ4v) is 5.57. The molecule has 4 rings (SSSR count). The van der Waals surface area contributed by atoms with Crippen molar-refractivity contribution in [1.29, 1.82) is 0 Å². The zero-order chi connectivity index (χ0) is 22.0. The van der Waals surface area contributed by atoms with Crippen molar-refractivity contribution >= 4 is 15.9 Å². The first-order chi connectivity index (χ1) is 14.8. The first kappa shape index (κ1) is 22.0. The summed E-state index contributed by atoms with van der Waals surface area (Å²) in [6.07, 6.45) is 4.89. The second-order valence-electron chi connectivity index (χ2n) is 8.79. The van der Waals surface area contributed by atoms with E-state index in [0.29, 0.717) is 36.5 Å². The van der Waals surface area contributed by atoms with Crippen LogP contribution < -0.4 is 10.0 Å². The highest BCUT2D eigenvalue weighted by atomic mass is 32.2. The fraction of sp³-hybridized carbons (Fsp3) is 0.458. The molecule has 1 amide bonds. The Balaban J connectivity index is 1.27. The number of benzene rings is 2. The summed E-state index contributed by atoms with van der Waals surface area (Å²) in [5.41, 5.74) is 2.06. The zero-order valence-electron chi connectivity index (χ0n) is 17.7. The van der Waals surface area contributed by atoms with Gasteiger partial charge in [-0.05, 0) is 86.8 Å². The Kier molecular flexibility index (Phi) is 6.44. The van der Waals surface area contributed by atoms with Gasteiger partial charge >= 0.3 is 0 Å². The van der Waals surface area contributed by atoms with Gasteiger partial charge in [0.15, 0.2) is 0 Å². The van der Waals surface area contributed by atoms with Gasteiger partial charge in [-0.3, -0.25) is 4.79 Å². The SMILES string of the molecule is C[C@@H](NC(=O)[C@H]1CC[C@H](NS(=O)(=O)c2ccc(C3CC3)cc2)CC1)c1ccc(F)cc1. The Morgan fingerprint density at radius 2 is 1.55 bits per heavy atom. The van der Waals surface area contributed by atoms with E-state index in [1.54, 1.807) is 24.3 Å². The van der Waals surface area contributed by atoms with E-state index in [0.717, 1.165) is 5.56 Å². The third kappa shape index (κ3) is 5.52. The zero-order valence-corrected chi connectivity index (χ0v) is 18.5. The first-order valence-electron chi connectivity index (χ1n) is 11.0. The summed E-state index contributed by atoms with van der Waals surface area (Å²) in [6.45, 7) is 1.87. The van der Waals surface area contributed by atoms with Crippen molar-refractivity contribution in [3.63, 3.8) is 0 Å². The van der Waals surface area contributed by atoms with E-state index in [9.17, 15) is 17.6 Å². The Labute approximate surface area is 183 Å². The molecule has 0 bridgehead atoms. The maximum atomic E-state index is 13.1. The van der Waals surface area contributed by atoms with Crippen molar-refractivity contribution in [2.24, 2.45) is 5.92 Å². The average molecular weight is 445 g/mol. The van der Waals surface area contributed by atoms with Crippen molar-refractivity contribution in [2.75, 3.05) is 0 Å². The summed E-state index contributed by atoms with van der Waals surface area (Å²) >= 11 is 0. The molecule has 5 nitrogen and oxygen atoms in total. The third-order valence-corrected chi connectivity index (χ3v) is 7.92. The average Bonchev–Trinajstić information content (AvgIpc) is 3.60. The molecule has 2 aliphatic rings. The highest BCUT2D eigenvalue weighted by Crippen LogP contribution is 2.40. The predicted molar refractivity (Wildman–Crippen MR) is 117 cm³/mol. The molecule has 166 valence electrons. The van der Waals surface area contributed by atoms with E-state index >= 15 is 0 Å². The lowest BCUT2D eigenvalue weighted by molar-refractivity contribution is -0.126. The normalized spacial score (nSPS) is 22.6. The van der Waals surface area contributed by atoms with E-state index < -0.39 is 10.0 Å². The Bertz CT molecular complexity index is 1010. The molecule has 2 fully saturated rings. The minimum absolute atomic E-state index is 0.0335. The first-order valence-corrected chi connectivity index (χ1v) is 12.5. The van der Waals surface area contributed by atoms with Crippen LogP contribution in [0.3, 0.4) is 0 Å². The topological polar surface area (TPSA) is 75.3 Å². The molecule has 2 N–H and O–H groups in total. The summed E-state index contributed by atoms with van der Waals surface area (Å²) in [7, 11) is -3.56. The molecule has 0 spiro atoms. The van der Waals surface area contributed by atoms with E-state index in [4.69, 9.17) is 0 Å². The maximum absolute atomic E-state index is 13.1. The molecule has 2 saturated carbocycles. The molecular weight excluding hydrogens is 415 g/mol. The molecule has 1 atom stereocenters. The van der Waals surface area contributed by atoms with Gasteiger partial charge in [0.2, 0.25) is 15.9 Å². The molecule has 2 aromatic carbocycles. The fourth-order valence-electron chi connectivity index (χ4n) is 4.26. The molecule has 0 aliphatic heterocycles. The minimum atomic E-state index is -3.56. The van der Waals surface area contributed by atoms with Crippen LogP contribution in [0, 0.1) is 11.7 Å². The summed E-state index contributed by atoms with van der Waals surface area (Å²) in [4.78, 5) is 12.9. The largest absolute Gasteiger partial charge is 0.349 e. The van der Waals surface area contributed by atoms with E-state index in [-0.39, 0.29) is 29.7 Å². The van der Waals surface area contributed by atoms with Gasteiger partial charge in [-0.1, -0.05) is 24.3 Å². The van der Waals surface area contributed by atoms with Gasteiger partial charge in [0.25, 0.3) is 0 Å². The number of rotatable bonds is 7. The molecule has 0 saturated heterocycles. The molecule has 0 radical (unpaired) electrons. The lowest BCUT2D eigenvalue weighted by atomic mass is 9.85. The van der Waals surface area contributed by atoms with Crippen molar-refractivity contribution < 1.29 is 17.6 Å². The quantitative estimate of drug-likeness (QED) is 0.664. The minimum Gasteiger partial charge on any atom is -0.349 e. The van der Waals surface area contributed by atoms with Crippen LogP contribution >= 0.6 is 0 Å². The van der Waals surface area contributed by atoms with Crippen molar-refractivity contribution in [2.45, 2.75) is 68.3 Å². The van der Waals surface area contributed by atoms with E-state index in [2.05, 4.69) is 10.0 Å². The molecule has 0 heterocycles. The standard InChI is InChI=1S/C24H29FN2O3S/c1-16(17-4-10-21(25)11-5-17)26-24(28)20-6-12-22(13-7-20)27-31(29,30)23-14-8-19(9-15-23)18-2-3-18/h4-5,8-11,14-16,18,20,22,27H,2-3,6-7,12-13H2,1H3,(H,26,28)/t16-,20-,22-/m1/s1. The molecule has 2 aliphatic carbocycles. The van der Waals surface area contributed by atoms with Crippen LogP contribution in [-0.2, 0) is 14.8 Å². The van der Waals surface area contributed by atoms with Gasteiger partial charge in [-0.2, -0.15) is 0 Å². The van der Waals surface area contributed by atoms with Crippen molar-refractivity contribution in [1.82, 2.24) is 10.0 Å². The van der Waals surface area contributed by atoms with Gasteiger partial charge < -0.3 is 5.32 Å². The van der Waals surface area contributed by atoms with Gasteiger partial charge in [-0.15, -0.1) is 0 Å². The van der Waals surface area contributed by atoms with Crippen LogP contribution in [0.15, 0.2) is 53.4 Å². The number of amides is 1. The number of nitrogens with one attached hydrogen (secondary N) is 2. The van der Waals surface area contributed by atoms with Crippen LogP contribution in [0.4, 0.5) is 4.39 Å². The summed E-state index contributed by atoms with van der Waals surface area (Å²) in [6, 6.07) is 12.9. The van der Waals surface area contributed by atoms with Gasteiger partial charge in [0.1, 0.15) is 5.82 Å². The molecule has 0 aromatic heterocycles. The van der Waals surface area contributed by atoms with Crippen LogP contribution in [0.2, 0.25) is 0 Å². The molecule has 31 heavy (non-hydrogen) atoms. The maximum Gasteiger partial charge on any atom is 0.240 e. The number of hydrogen-bond acceptors (Lipinski definition) is 3. The van der Waals surface area contributed by atoms with Crippen molar-refractivity contribution in [3.05, 3.63) is 65.5 Å². The smallest absolute Gasteiger partial charge is 0.240 e. The number of carbonyl (C=O) groups excluding carboxylic acids is 1. The van der Waals surface area contributed by atoms with Crippen LogP contribution in [-0.4, -0.2) is 20.4 Å². The van der Waals surface area contributed by atoms with Crippen molar-refractivity contribution in [3.8, 4) is 0 Å². The Hall–Kier alpha value is -2.25. The molecular formula is C24H29FN2O3S. The number of hydrogen-bond donors (Lipinski definition) is 2. The van der Waals surface area contributed by atoms with Crippen LogP contribution in [0.5, 0.6) is 0 Å². The summed E-state index contributed by atoms with van der Waals surface area (Å²) in [5, 5.41) is 2.99. The molecule has 0 unspecified atom stereocenters. The monoisotopic (exact) mass is 444 g/mol. The van der Waals surface area contributed by atoms with Crippen LogP contribution in [0.1, 0.15) is 68.5 Å². The lowest BCUT2D eigenvalue weighted by Crippen LogP contribution is -2.41. The number of carbonyl (C=O) groups is 1. The number of halogens is 1. The van der Waals surface area contributed by atoms with Gasteiger partial charge in [-0.25, -0.2) is 17.5 Å². The third-order valence-electron chi connectivity index (χ3n) is 6.39. The van der Waals surface area contributed by atoms with E-state index in [1.165, 1.54) is 30.5 Å². The highest BCUT2D eigenvalue weighted by Gasteiger charge is 2.30. The Morgan fingerprint density at radius 3 is 2.13 bits per heavy atom. The highest BCUT2D eigenvalue weighted by molar-refractivity contribution is 7.89. The molecule has 2 aromatic rings. The Morgan fingerprint density at radius 1 is 0.935 bits per heavy atom. The number of sulfonamides is 1. The lowest BCUT2D eigenvalue weighted by Gasteiger charge is -2.29.